The lowest BCUT2D eigenvalue weighted by Crippen LogP contribution is -2.22. The Balaban J connectivity index is 3.07. The van der Waals surface area contributed by atoms with Crippen molar-refractivity contribution in [3.63, 3.8) is 0 Å². The Hall–Kier alpha value is -1.66. The SMILES string of the molecule is NCC(=O)Nc1cc(Cl)ccc1[N+](=O)[O-]. The number of anilines is 1. The topological polar surface area (TPSA) is 98.3 Å². The highest BCUT2D eigenvalue weighted by Crippen LogP contribution is 2.27. The summed E-state index contributed by atoms with van der Waals surface area (Å²) in [5.41, 5.74) is 4.89. The van der Waals surface area contributed by atoms with Gasteiger partial charge in [-0.1, -0.05) is 11.6 Å². The van der Waals surface area contributed by atoms with Crippen LogP contribution in [-0.2, 0) is 4.79 Å². The van der Waals surface area contributed by atoms with E-state index in [1.165, 1.54) is 18.2 Å². The number of amides is 1. The Morgan fingerprint density at radius 3 is 2.80 bits per heavy atom. The number of nitrogens with one attached hydrogen (secondary N) is 1. The Morgan fingerprint density at radius 1 is 1.60 bits per heavy atom. The maximum Gasteiger partial charge on any atom is 0.292 e. The summed E-state index contributed by atoms with van der Waals surface area (Å²) in [6, 6.07) is 3.89. The van der Waals surface area contributed by atoms with Crippen LogP contribution in [0.3, 0.4) is 0 Å². The summed E-state index contributed by atoms with van der Waals surface area (Å²) in [7, 11) is 0. The van der Waals surface area contributed by atoms with E-state index in [4.69, 9.17) is 17.3 Å². The number of hydrogen-bond donors (Lipinski definition) is 2. The van der Waals surface area contributed by atoms with Gasteiger partial charge in [-0.25, -0.2) is 0 Å². The fourth-order valence-electron chi connectivity index (χ4n) is 0.969. The molecule has 6 nitrogen and oxygen atoms in total. The molecule has 0 saturated heterocycles. The van der Waals surface area contributed by atoms with Gasteiger partial charge < -0.3 is 11.1 Å². The first-order valence-corrected chi connectivity index (χ1v) is 4.36. The zero-order valence-electron chi connectivity index (χ0n) is 7.57. The van der Waals surface area contributed by atoms with Crippen molar-refractivity contribution in [2.45, 2.75) is 0 Å². The molecular weight excluding hydrogens is 222 g/mol. The van der Waals surface area contributed by atoms with E-state index in [0.717, 1.165) is 0 Å². The predicted octanol–water partition coefficient (Wildman–Crippen LogP) is 1.15. The quantitative estimate of drug-likeness (QED) is 0.600. The Kier molecular flexibility index (Phi) is 3.59. The van der Waals surface area contributed by atoms with Crippen molar-refractivity contribution in [3.8, 4) is 0 Å². The molecule has 0 radical (unpaired) electrons. The molecule has 15 heavy (non-hydrogen) atoms. The van der Waals surface area contributed by atoms with Crippen LogP contribution in [0.2, 0.25) is 5.02 Å². The minimum Gasteiger partial charge on any atom is -0.322 e. The average molecular weight is 230 g/mol. The number of carbonyl (C=O) groups excluding carboxylic acids is 1. The van der Waals surface area contributed by atoms with Crippen molar-refractivity contribution in [1.82, 2.24) is 0 Å². The number of halogens is 1. The van der Waals surface area contributed by atoms with E-state index < -0.39 is 10.8 Å². The summed E-state index contributed by atoms with van der Waals surface area (Å²) < 4.78 is 0. The molecular formula is C8H8ClN3O3. The Labute approximate surface area is 90.2 Å². The molecule has 0 spiro atoms. The highest BCUT2D eigenvalue weighted by atomic mass is 35.5. The minimum absolute atomic E-state index is 0.0444. The molecule has 1 aromatic rings. The van der Waals surface area contributed by atoms with Crippen molar-refractivity contribution < 1.29 is 9.72 Å². The van der Waals surface area contributed by atoms with E-state index in [1.54, 1.807) is 0 Å². The molecule has 0 aromatic heterocycles. The molecule has 7 heteroatoms. The van der Waals surface area contributed by atoms with Crippen LogP contribution < -0.4 is 11.1 Å². The number of benzene rings is 1. The average Bonchev–Trinajstić information content (AvgIpc) is 2.17. The van der Waals surface area contributed by atoms with Gasteiger partial charge in [-0.05, 0) is 12.1 Å². The first-order chi connectivity index (χ1) is 7.04. The Morgan fingerprint density at radius 2 is 2.27 bits per heavy atom. The number of nitro groups is 1. The van der Waals surface area contributed by atoms with Crippen LogP contribution in [0.5, 0.6) is 0 Å². The number of nitrogens with two attached hydrogens (primary N) is 1. The standard InChI is InChI=1S/C8H8ClN3O3/c9-5-1-2-7(12(14)15)6(3-5)11-8(13)4-10/h1-3H,4,10H2,(H,11,13). The van der Waals surface area contributed by atoms with Crippen LogP contribution in [0.1, 0.15) is 0 Å². The van der Waals surface area contributed by atoms with Crippen molar-refractivity contribution in [3.05, 3.63) is 33.3 Å². The van der Waals surface area contributed by atoms with Gasteiger partial charge in [0, 0.05) is 11.1 Å². The lowest BCUT2D eigenvalue weighted by Gasteiger charge is -2.04. The van der Waals surface area contributed by atoms with Crippen molar-refractivity contribution in [1.29, 1.82) is 0 Å². The summed E-state index contributed by atoms with van der Waals surface area (Å²) in [4.78, 5) is 20.9. The normalized spacial score (nSPS) is 9.73. The maximum atomic E-state index is 11.0. The molecule has 0 aliphatic carbocycles. The molecule has 0 heterocycles. The fourth-order valence-corrected chi connectivity index (χ4v) is 1.14. The summed E-state index contributed by atoms with van der Waals surface area (Å²) in [6.45, 7) is -0.246. The van der Waals surface area contributed by atoms with Gasteiger partial charge in [-0.3, -0.25) is 14.9 Å². The zero-order valence-corrected chi connectivity index (χ0v) is 8.32. The van der Waals surface area contributed by atoms with Crippen molar-refractivity contribution >= 4 is 28.9 Å². The van der Waals surface area contributed by atoms with E-state index in [1.807, 2.05) is 0 Å². The smallest absolute Gasteiger partial charge is 0.292 e. The van der Waals surface area contributed by atoms with Gasteiger partial charge in [-0.2, -0.15) is 0 Å². The third-order valence-electron chi connectivity index (χ3n) is 1.61. The predicted molar refractivity (Wildman–Crippen MR) is 55.8 cm³/mol. The minimum atomic E-state index is -0.609. The van der Waals surface area contributed by atoms with Gasteiger partial charge in [0.15, 0.2) is 0 Å². The second kappa shape index (κ2) is 4.72. The van der Waals surface area contributed by atoms with Gasteiger partial charge in [0.1, 0.15) is 5.69 Å². The summed E-state index contributed by atoms with van der Waals surface area (Å²) in [5, 5.41) is 13.2. The van der Waals surface area contributed by atoms with Crippen molar-refractivity contribution in [2.24, 2.45) is 5.73 Å². The lowest BCUT2D eigenvalue weighted by molar-refractivity contribution is -0.383. The van der Waals surface area contributed by atoms with Crippen LogP contribution in [-0.4, -0.2) is 17.4 Å². The summed E-state index contributed by atoms with van der Waals surface area (Å²) in [6.07, 6.45) is 0. The van der Waals surface area contributed by atoms with E-state index in [0.29, 0.717) is 5.02 Å². The maximum absolute atomic E-state index is 11.0. The summed E-state index contributed by atoms with van der Waals surface area (Å²) >= 11 is 5.64. The molecule has 1 amide bonds. The first-order valence-electron chi connectivity index (χ1n) is 3.98. The molecule has 0 unspecified atom stereocenters. The van der Waals surface area contributed by atoms with E-state index in [9.17, 15) is 14.9 Å². The van der Waals surface area contributed by atoms with Gasteiger partial charge in [0.05, 0.1) is 11.5 Å². The van der Waals surface area contributed by atoms with E-state index in [-0.39, 0.29) is 17.9 Å². The molecule has 0 aliphatic rings. The van der Waals surface area contributed by atoms with Crippen LogP contribution in [0.25, 0.3) is 0 Å². The van der Waals surface area contributed by atoms with E-state index in [2.05, 4.69) is 5.32 Å². The second-order valence-corrected chi connectivity index (χ2v) is 3.11. The van der Waals surface area contributed by atoms with Crippen molar-refractivity contribution in [2.75, 3.05) is 11.9 Å². The van der Waals surface area contributed by atoms with Crippen LogP contribution in [0, 0.1) is 10.1 Å². The van der Waals surface area contributed by atoms with Gasteiger partial charge in [-0.15, -0.1) is 0 Å². The van der Waals surface area contributed by atoms with Gasteiger partial charge >= 0.3 is 0 Å². The summed E-state index contributed by atoms with van der Waals surface area (Å²) in [5.74, 6) is -0.514. The number of rotatable bonds is 3. The number of nitro benzene ring substituents is 1. The van der Waals surface area contributed by atoms with Crippen LogP contribution >= 0.6 is 11.6 Å². The largest absolute Gasteiger partial charge is 0.322 e. The molecule has 0 bridgehead atoms. The second-order valence-electron chi connectivity index (χ2n) is 2.67. The third kappa shape index (κ3) is 2.90. The lowest BCUT2D eigenvalue weighted by atomic mass is 10.2. The number of nitrogens with zero attached hydrogens (tertiary/aromatic N) is 1. The van der Waals surface area contributed by atoms with Gasteiger partial charge in [0.25, 0.3) is 5.69 Å². The highest BCUT2D eigenvalue weighted by Gasteiger charge is 2.15. The molecule has 0 fully saturated rings. The number of hydrogen-bond acceptors (Lipinski definition) is 4. The van der Waals surface area contributed by atoms with Gasteiger partial charge in [0.2, 0.25) is 5.91 Å². The van der Waals surface area contributed by atoms with Crippen LogP contribution in [0.15, 0.2) is 18.2 Å². The first kappa shape index (κ1) is 11.4. The molecule has 3 N–H and O–H groups in total. The molecule has 0 saturated carbocycles. The highest BCUT2D eigenvalue weighted by molar-refractivity contribution is 6.31. The van der Waals surface area contributed by atoms with Crippen LogP contribution in [0.4, 0.5) is 11.4 Å². The third-order valence-corrected chi connectivity index (χ3v) is 1.85. The molecule has 1 aromatic carbocycles. The van der Waals surface area contributed by atoms with E-state index >= 15 is 0 Å². The number of carbonyl (C=O) groups is 1. The molecule has 0 atom stereocenters. The molecule has 0 aliphatic heterocycles. The monoisotopic (exact) mass is 229 g/mol. The Bertz CT molecular complexity index is 408. The zero-order chi connectivity index (χ0) is 11.4. The molecule has 1 rings (SSSR count). The fraction of sp³-hybridized carbons (Fsp3) is 0.125. The molecule has 80 valence electrons.